The molecule has 0 N–H and O–H groups in total. The second kappa shape index (κ2) is 48.7. The maximum absolute atomic E-state index is 5.67. The van der Waals surface area contributed by atoms with Crippen LogP contribution in [0.5, 0.6) is 0 Å². The third kappa shape index (κ3) is 25.1. The van der Waals surface area contributed by atoms with Gasteiger partial charge in [-0.25, -0.2) is 19.9 Å². The van der Waals surface area contributed by atoms with Crippen LogP contribution in [0.4, 0.5) is 0 Å². The van der Waals surface area contributed by atoms with Gasteiger partial charge in [-0.05, 0) is 230 Å². The topological polar surface area (TPSA) is 160 Å². The molecule has 14 heterocycles. The second-order valence-corrected chi connectivity index (χ2v) is 31.2. The van der Waals surface area contributed by atoms with E-state index in [4.69, 9.17) is 49.8 Å². The predicted octanol–water partition coefficient (Wildman–Crippen LogP) is 27.2. The number of aromatic nitrogens is 12. The molecule has 0 spiro atoms. The van der Waals surface area contributed by atoms with E-state index < -0.39 is 0 Å². The number of hydrogen-bond donors (Lipinski definition) is 0. The van der Waals surface area contributed by atoms with Gasteiger partial charge in [-0.2, -0.15) is 0 Å². The van der Waals surface area contributed by atoms with E-state index in [0.717, 1.165) is 200 Å². The van der Waals surface area contributed by atoms with Crippen molar-refractivity contribution in [3.05, 3.63) is 225 Å². The molecule has 0 radical (unpaired) electrons. The van der Waals surface area contributed by atoms with Gasteiger partial charge in [-0.3, -0.25) is 19.9 Å². The molecule has 0 saturated carbocycles. The van der Waals surface area contributed by atoms with Crippen LogP contribution in [0.15, 0.2) is 146 Å². The van der Waals surface area contributed by atoms with Crippen LogP contribution < -0.4 is 19.9 Å². The molecule has 0 unspecified atom stereocenters. The molecule has 14 heteroatoms. The molecule has 0 saturated heterocycles. The summed E-state index contributed by atoms with van der Waals surface area (Å²) < 4.78 is 0. The summed E-state index contributed by atoms with van der Waals surface area (Å²) in [7, 11) is 0. The van der Waals surface area contributed by atoms with Crippen molar-refractivity contribution in [2.75, 3.05) is 0 Å². The predicted molar refractivity (Wildman–Crippen MR) is 482 cm³/mol. The monoisotopic (exact) mass is 1640 g/mol. The van der Waals surface area contributed by atoms with E-state index in [9.17, 15) is 0 Å². The molecule has 16 bridgehead atoms. The third-order valence-electron chi connectivity index (χ3n) is 22.5. The standard InChI is InChI=1S/C92H112N10.2C5H5N.2Zn/c1-7-13-19-25-31-37-67-73-43-47-77(95-73)69(39-33-27-21-15-9-3)81-51-55-85(99-81)91(86-56-52-82(100-86)70(40-34-28-22-16-10-4)78-48-44-74(67)96-78)65-59-61-93-89(63-65)90-64-66(60-62-94-90)92-87-57-53-83(101-87)71(41-35-29-23-17-11-5)79-49-45-75(97-79)68(38-32-26-20-14-8-2)76-46-50-80(98-76)72(42-36-30-24-18-12-6)84-54-58-88(92)102-84;2*1-2-4-6-5-3-1;;/h43-64H,7-42H2,1-6H3;2*1-5H;;/q-4;;;2*+2. The smallest absolute Gasteiger partial charge is 0.657 e. The zero-order chi connectivity index (χ0) is 78.7. The molecule has 0 aromatic carbocycles. The van der Waals surface area contributed by atoms with Gasteiger partial charge < -0.3 is 19.9 Å². The summed E-state index contributed by atoms with van der Waals surface area (Å²) in [4.78, 5) is 62.9. The van der Waals surface area contributed by atoms with Crippen LogP contribution in [0, 0.1) is 0 Å². The van der Waals surface area contributed by atoms with Crippen LogP contribution in [0.2, 0.25) is 0 Å². The van der Waals surface area contributed by atoms with Gasteiger partial charge in [0.1, 0.15) is 0 Å². The summed E-state index contributed by atoms with van der Waals surface area (Å²) in [5, 5.41) is 0. The number of fused-ring (bicyclic) bond motifs is 16. The van der Waals surface area contributed by atoms with Gasteiger partial charge in [0.15, 0.2) is 0 Å². The molecule has 0 aliphatic carbocycles. The Labute approximate surface area is 717 Å². The Morgan fingerprint density at radius 1 is 0.224 bits per heavy atom. The molecule has 0 amide bonds. The van der Waals surface area contributed by atoms with Crippen molar-refractivity contribution >= 4 is 92.7 Å². The minimum atomic E-state index is 0. The van der Waals surface area contributed by atoms with E-state index in [1.807, 2.05) is 48.8 Å². The molecular weight excluding hydrogens is 1520 g/mol. The Balaban J connectivity index is 0.000000930. The summed E-state index contributed by atoms with van der Waals surface area (Å²) in [5.41, 5.74) is 28.1. The van der Waals surface area contributed by atoms with Crippen molar-refractivity contribution in [2.24, 2.45) is 0 Å². The summed E-state index contributed by atoms with van der Waals surface area (Å²) in [6.07, 6.45) is 70.0. The van der Waals surface area contributed by atoms with Gasteiger partial charge in [0.25, 0.3) is 0 Å². The van der Waals surface area contributed by atoms with Crippen molar-refractivity contribution in [1.29, 1.82) is 0 Å². The zero-order valence-corrected chi connectivity index (χ0v) is 76.6. The van der Waals surface area contributed by atoms with Crippen LogP contribution in [0.1, 0.15) is 313 Å². The average Bonchev–Trinajstić information content (AvgIpc) is 1.60. The fourth-order valence-electron chi connectivity index (χ4n) is 16.2. The molecule has 4 aliphatic heterocycles. The summed E-state index contributed by atoms with van der Waals surface area (Å²) in [6, 6.07) is 37.9. The Morgan fingerprint density at radius 3 is 0.664 bits per heavy atom. The number of hydrogen-bond acceptors (Lipinski definition) is 8. The molecule has 0 fully saturated rings. The van der Waals surface area contributed by atoms with Crippen LogP contribution in [0.25, 0.3) is 126 Å². The van der Waals surface area contributed by atoms with Gasteiger partial charge in [0, 0.05) is 37.2 Å². The van der Waals surface area contributed by atoms with E-state index >= 15 is 0 Å². The van der Waals surface area contributed by atoms with Crippen LogP contribution in [0.3, 0.4) is 0 Å². The fourth-order valence-corrected chi connectivity index (χ4v) is 16.2. The van der Waals surface area contributed by atoms with Gasteiger partial charge in [0.2, 0.25) is 0 Å². The molecule has 12 nitrogen and oxygen atoms in total. The second-order valence-electron chi connectivity index (χ2n) is 31.2. The average molecular weight is 1650 g/mol. The number of rotatable bonds is 39. The zero-order valence-electron chi connectivity index (χ0n) is 70.7. The SMILES string of the molecule is CCCCCCCc1c2nc(c(CCCCCCC)c3ccc([n-]3)c(-c3ccnc(-c4cc(-c5c6nc(c(CCCCCCC)c7ccc([n-]7)c(CCCCCCC)c7nc(c(CCCCCCC)c8ccc5[n-]8)C=C7)C=C6)ccn4)c3)c3nc(c(CCCCCCC)c4ccc1[n-]4)C=C3)C=C2.[Zn+2].[Zn+2].c1ccncc1.c1ccncc1. The number of unbranched alkanes of at least 4 members (excludes halogenated alkanes) is 24. The summed E-state index contributed by atoms with van der Waals surface area (Å²) in [5.74, 6) is 0. The van der Waals surface area contributed by atoms with Crippen LogP contribution in [-0.2, 0) is 77.5 Å². The van der Waals surface area contributed by atoms with Crippen LogP contribution >= 0.6 is 0 Å². The first-order chi connectivity index (χ1) is 56.4. The summed E-state index contributed by atoms with van der Waals surface area (Å²) in [6.45, 7) is 13.7. The Hall–Kier alpha value is -8.95. The molecule has 0 atom stereocenters. The number of pyridine rings is 4. The maximum Gasteiger partial charge on any atom is 2.00 e. The summed E-state index contributed by atoms with van der Waals surface area (Å²) >= 11 is 0. The molecular formula is C102H122N12Zn2. The molecule has 10 aromatic rings. The third-order valence-corrected chi connectivity index (χ3v) is 22.5. The minimum Gasteiger partial charge on any atom is -0.657 e. The van der Waals surface area contributed by atoms with Crippen molar-refractivity contribution in [3.63, 3.8) is 0 Å². The van der Waals surface area contributed by atoms with E-state index in [1.165, 1.54) is 187 Å². The van der Waals surface area contributed by atoms with Crippen molar-refractivity contribution < 1.29 is 39.0 Å². The van der Waals surface area contributed by atoms with Gasteiger partial charge >= 0.3 is 39.0 Å². The van der Waals surface area contributed by atoms with E-state index in [2.05, 4.69) is 173 Å². The molecule has 4 aliphatic rings. The molecule has 116 heavy (non-hydrogen) atoms. The first-order valence-corrected chi connectivity index (χ1v) is 44.0. The first-order valence-electron chi connectivity index (χ1n) is 44.0. The Kier molecular flexibility index (Phi) is 37.5. The van der Waals surface area contributed by atoms with E-state index in [0.29, 0.717) is 0 Å². The van der Waals surface area contributed by atoms with Crippen molar-refractivity contribution in [2.45, 2.75) is 273 Å². The largest absolute Gasteiger partial charge is 2.00 e. The molecule has 14 rings (SSSR count). The fraction of sp³-hybridized carbons (Fsp3) is 0.412. The minimum absolute atomic E-state index is 0. The van der Waals surface area contributed by atoms with Gasteiger partial charge in [0.05, 0.1) is 56.9 Å². The normalized spacial score (nSPS) is 11.8. The van der Waals surface area contributed by atoms with Crippen LogP contribution in [-0.4, -0.2) is 39.9 Å². The first kappa shape index (κ1) is 89.4. The number of aryl methyl sites for hydroxylation is 6. The molecule has 594 valence electrons. The van der Waals surface area contributed by atoms with Crippen molar-refractivity contribution in [1.82, 2.24) is 59.8 Å². The Bertz CT molecular complexity index is 4770. The van der Waals surface area contributed by atoms with E-state index in [1.54, 1.807) is 24.8 Å². The quantitative estimate of drug-likeness (QED) is 0.0265. The van der Waals surface area contributed by atoms with Gasteiger partial charge in [-0.1, -0.05) is 256 Å². The van der Waals surface area contributed by atoms with E-state index in [-0.39, 0.29) is 39.0 Å². The number of nitrogens with zero attached hydrogens (tertiary/aromatic N) is 12. The Morgan fingerprint density at radius 2 is 0.440 bits per heavy atom. The van der Waals surface area contributed by atoms with Crippen molar-refractivity contribution in [3.8, 4) is 33.6 Å². The molecule has 10 aromatic heterocycles. The maximum atomic E-state index is 5.67. The van der Waals surface area contributed by atoms with Gasteiger partial charge in [-0.15, -0.1) is 44.1 Å².